The van der Waals surface area contributed by atoms with E-state index in [1.807, 2.05) is 0 Å². The van der Waals surface area contributed by atoms with Crippen molar-refractivity contribution in [1.29, 1.82) is 0 Å². The maximum absolute atomic E-state index is 13.2. The molecule has 2 N–H and O–H groups in total. The molecule has 1 heterocycles. The van der Waals surface area contributed by atoms with Crippen LogP contribution in [0.5, 0.6) is 11.5 Å². The summed E-state index contributed by atoms with van der Waals surface area (Å²) < 4.78 is 25.1. The number of benzene rings is 2. The van der Waals surface area contributed by atoms with Crippen molar-refractivity contribution in [2.24, 2.45) is 0 Å². The SMILES string of the molecule is COc1ccc(OC)c(NC(=O)Nc2cc(C)nn2-c2ccc(F)cc2)c1. The Kier molecular flexibility index (Phi) is 5.25. The monoisotopic (exact) mass is 370 g/mol. The molecule has 27 heavy (non-hydrogen) atoms. The molecule has 0 atom stereocenters. The highest BCUT2D eigenvalue weighted by atomic mass is 19.1. The molecule has 0 aliphatic heterocycles. The molecule has 0 saturated heterocycles. The third-order valence-corrected chi connectivity index (χ3v) is 3.80. The number of anilines is 2. The summed E-state index contributed by atoms with van der Waals surface area (Å²) in [5.41, 5.74) is 1.78. The lowest BCUT2D eigenvalue weighted by Gasteiger charge is -2.13. The van der Waals surface area contributed by atoms with E-state index in [2.05, 4.69) is 15.7 Å². The van der Waals surface area contributed by atoms with Gasteiger partial charge in [0.15, 0.2) is 0 Å². The van der Waals surface area contributed by atoms with E-state index in [4.69, 9.17) is 9.47 Å². The zero-order valence-corrected chi connectivity index (χ0v) is 15.1. The fourth-order valence-corrected chi connectivity index (χ4v) is 2.55. The standard InChI is InChI=1S/C19H19FN4O3/c1-12-10-18(24(23-12)14-6-4-13(20)5-7-14)22-19(25)21-16-11-15(26-2)8-9-17(16)27-3/h4-11H,1-3H3,(H2,21,22,25). The summed E-state index contributed by atoms with van der Waals surface area (Å²) in [6.45, 7) is 1.80. The molecule has 0 aliphatic carbocycles. The average molecular weight is 370 g/mol. The van der Waals surface area contributed by atoms with Crippen LogP contribution < -0.4 is 20.1 Å². The van der Waals surface area contributed by atoms with Crippen molar-refractivity contribution in [1.82, 2.24) is 9.78 Å². The first-order valence-corrected chi connectivity index (χ1v) is 8.13. The zero-order valence-electron chi connectivity index (χ0n) is 15.1. The fraction of sp³-hybridized carbons (Fsp3) is 0.158. The number of carbonyl (C=O) groups excluding carboxylic acids is 1. The molecule has 0 bridgehead atoms. The smallest absolute Gasteiger partial charge is 0.324 e. The highest BCUT2D eigenvalue weighted by Crippen LogP contribution is 2.29. The van der Waals surface area contributed by atoms with Crippen LogP contribution in [0.15, 0.2) is 48.5 Å². The van der Waals surface area contributed by atoms with Gasteiger partial charge in [0.05, 0.1) is 31.3 Å². The molecule has 8 heteroatoms. The summed E-state index contributed by atoms with van der Waals surface area (Å²) in [5.74, 6) is 1.17. The van der Waals surface area contributed by atoms with Crippen molar-refractivity contribution < 1.29 is 18.7 Å². The summed E-state index contributed by atoms with van der Waals surface area (Å²) in [5, 5.41) is 9.81. The summed E-state index contributed by atoms with van der Waals surface area (Å²) in [6, 6.07) is 12.1. The maximum Gasteiger partial charge on any atom is 0.324 e. The number of urea groups is 1. The predicted octanol–water partition coefficient (Wildman–Crippen LogP) is 3.98. The number of nitrogens with zero attached hydrogens (tertiary/aromatic N) is 2. The van der Waals surface area contributed by atoms with Crippen molar-refractivity contribution in [3.8, 4) is 17.2 Å². The van der Waals surface area contributed by atoms with E-state index in [-0.39, 0.29) is 5.82 Å². The molecule has 0 aliphatic rings. The fourth-order valence-electron chi connectivity index (χ4n) is 2.55. The van der Waals surface area contributed by atoms with Crippen LogP contribution in [0.2, 0.25) is 0 Å². The van der Waals surface area contributed by atoms with E-state index in [0.29, 0.717) is 34.4 Å². The Bertz CT molecular complexity index is 954. The van der Waals surface area contributed by atoms with Gasteiger partial charge < -0.3 is 14.8 Å². The number of amides is 2. The predicted molar refractivity (Wildman–Crippen MR) is 100 cm³/mol. The second kappa shape index (κ2) is 7.77. The summed E-state index contributed by atoms with van der Waals surface area (Å²) in [6.07, 6.45) is 0. The van der Waals surface area contributed by atoms with E-state index in [1.165, 1.54) is 31.0 Å². The summed E-state index contributed by atoms with van der Waals surface area (Å²) in [4.78, 5) is 12.5. The highest BCUT2D eigenvalue weighted by molar-refractivity contribution is 6.00. The van der Waals surface area contributed by atoms with E-state index in [1.54, 1.807) is 43.3 Å². The second-order valence-electron chi connectivity index (χ2n) is 5.70. The van der Waals surface area contributed by atoms with Crippen molar-refractivity contribution in [2.45, 2.75) is 6.92 Å². The van der Waals surface area contributed by atoms with Gasteiger partial charge in [-0.1, -0.05) is 0 Å². The van der Waals surface area contributed by atoms with Crippen molar-refractivity contribution >= 4 is 17.5 Å². The number of carbonyl (C=O) groups is 1. The van der Waals surface area contributed by atoms with Crippen LogP contribution in [0.1, 0.15) is 5.69 Å². The first-order chi connectivity index (χ1) is 13.0. The Morgan fingerprint density at radius 2 is 1.78 bits per heavy atom. The minimum absolute atomic E-state index is 0.347. The van der Waals surface area contributed by atoms with Gasteiger partial charge in [0.2, 0.25) is 0 Å². The minimum atomic E-state index is -0.482. The van der Waals surface area contributed by atoms with Crippen LogP contribution >= 0.6 is 0 Å². The lowest BCUT2D eigenvalue weighted by molar-refractivity contribution is 0.262. The summed E-state index contributed by atoms with van der Waals surface area (Å²) in [7, 11) is 3.05. The van der Waals surface area contributed by atoms with Gasteiger partial charge in [-0.2, -0.15) is 5.10 Å². The van der Waals surface area contributed by atoms with Crippen LogP contribution in [0.25, 0.3) is 5.69 Å². The Morgan fingerprint density at radius 1 is 1.04 bits per heavy atom. The molecule has 0 saturated carbocycles. The van der Waals surface area contributed by atoms with Gasteiger partial charge in [-0.15, -0.1) is 0 Å². The van der Waals surface area contributed by atoms with E-state index in [0.717, 1.165) is 0 Å². The van der Waals surface area contributed by atoms with E-state index >= 15 is 0 Å². The number of hydrogen-bond donors (Lipinski definition) is 2. The van der Waals surface area contributed by atoms with Crippen LogP contribution in [-0.2, 0) is 0 Å². The first-order valence-electron chi connectivity index (χ1n) is 8.13. The topological polar surface area (TPSA) is 77.4 Å². The molecule has 0 radical (unpaired) electrons. The molecule has 0 fully saturated rings. The van der Waals surface area contributed by atoms with Crippen LogP contribution in [0.3, 0.4) is 0 Å². The van der Waals surface area contributed by atoms with Gasteiger partial charge in [0.1, 0.15) is 23.1 Å². The number of aryl methyl sites for hydroxylation is 1. The number of rotatable bonds is 5. The molecule has 7 nitrogen and oxygen atoms in total. The molecule has 2 aromatic carbocycles. The third kappa shape index (κ3) is 4.17. The highest BCUT2D eigenvalue weighted by Gasteiger charge is 2.13. The molecule has 140 valence electrons. The number of ether oxygens (including phenoxy) is 2. The number of halogens is 1. The zero-order chi connectivity index (χ0) is 19.4. The van der Waals surface area contributed by atoms with Gasteiger partial charge in [-0.05, 0) is 43.3 Å². The third-order valence-electron chi connectivity index (χ3n) is 3.80. The first kappa shape index (κ1) is 18.2. The molecule has 0 unspecified atom stereocenters. The quantitative estimate of drug-likeness (QED) is 0.712. The Morgan fingerprint density at radius 3 is 2.44 bits per heavy atom. The molecule has 1 aromatic heterocycles. The van der Waals surface area contributed by atoms with Gasteiger partial charge >= 0.3 is 6.03 Å². The van der Waals surface area contributed by atoms with Gasteiger partial charge in [0.25, 0.3) is 0 Å². The maximum atomic E-state index is 13.2. The van der Waals surface area contributed by atoms with Gasteiger partial charge in [-0.3, -0.25) is 5.32 Å². The van der Waals surface area contributed by atoms with Crippen molar-refractivity contribution in [3.05, 3.63) is 60.0 Å². The lowest BCUT2D eigenvalue weighted by atomic mass is 10.2. The molecular weight excluding hydrogens is 351 g/mol. The second-order valence-corrected chi connectivity index (χ2v) is 5.70. The minimum Gasteiger partial charge on any atom is -0.497 e. The van der Waals surface area contributed by atoms with Crippen LogP contribution in [-0.4, -0.2) is 30.0 Å². The Balaban J connectivity index is 1.82. The molecule has 3 rings (SSSR count). The Hall–Kier alpha value is -3.55. The van der Waals surface area contributed by atoms with Crippen molar-refractivity contribution in [3.63, 3.8) is 0 Å². The molecule has 2 amide bonds. The molecular formula is C19H19FN4O3. The number of hydrogen-bond acceptors (Lipinski definition) is 4. The average Bonchev–Trinajstić information content (AvgIpc) is 3.02. The van der Waals surface area contributed by atoms with E-state index < -0.39 is 6.03 Å². The number of aromatic nitrogens is 2. The van der Waals surface area contributed by atoms with Crippen LogP contribution in [0.4, 0.5) is 20.7 Å². The Labute approximate surface area is 155 Å². The lowest BCUT2D eigenvalue weighted by Crippen LogP contribution is -2.21. The van der Waals surface area contributed by atoms with Gasteiger partial charge in [-0.25, -0.2) is 13.9 Å². The molecule has 3 aromatic rings. The normalized spacial score (nSPS) is 10.4. The molecule has 0 spiro atoms. The van der Waals surface area contributed by atoms with E-state index in [9.17, 15) is 9.18 Å². The number of nitrogens with one attached hydrogen (secondary N) is 2. The summed E-state index contributed by atoms with van der Waals surface area (Å²) >= 11 is 0. The number of methoxy groups -OCH3 is 2. The van der Waals surface area contributed by atoms with Crippen molar-refractivity contribution in [2.75, 3.05) is 24.9 Å². The van der Waals surface area contributed by atoms with Gasteiger partial charge in [0, 0.05) is 12.1 Å². The largest absolute Gasteiger partial charge is 0.497 e. The van der Waals surface area contributed by atoms with Crippen LogP contribution in [0, 0.1) is 12.7 Å².